The van der Waals surface area contributed by atoms with Crippen molar-refractivity contribution in [3.63, 3.8) is 0 Å². The van der Waals surface area contributed by atoms with E-state index in [1.807, 2.05) is 0 Å². The molecule has 0 fully saturated rings. The van der Waals surface area contributed by atoms with Gasteiger partial charge in [0.25, 0.3) is 0 Å². The van der Waals surface area contributed by atoms with Crippen molar-refractivity contribution >= 4 is 0 Å². The molecule has 0 radical (unpaired) electrons. The zero-order valence-corrected chi connectivity index (χ0v) is 2.80. The van der Waals surface area contributed by atoms with E-state index in [2.05, 4.69) is 5.11 Å². The predicted molar refractivity (Wildman–Crippen MR) is 17.9 cm³/mol. The van der Waals surface area contributed by atoms with Gasteiger partial charge in [0.15, 0.2) is 6.98 Å². The third-order valence-corrected chi connectivity index (χ3v) is 0.182. The fourth-order valence-corrected chi connectivity index (χ4v) is 0. The van der Waals surface area contributed by atoms with Gasteiger partial charge in [-0.3, -0.25) is 0 Å². The summed E-state index contributed by atoms with van der Waals surface area (Å²) < 4.78 is 19.2. The van der Waals surface area contributed by atoms with Gasteiger partial charge < -0.3 is 5.21 Å². The average molecular weight is 77.1 g/mol. The highest BCUT2D eigenvalue weighted by molar-refractivity contribution is 3.89. The molecular weight excluding hydrogens is 68.0 g/mol. The molecule has 5 heavy (non-hydrogen) atoms. The number of nitrogens with zero attached hydrogens (tertiary/aromatic N) is 2. The van der Waals surface area contributed by atoms with Crippen LogP contribution in [0.5, 0.6) is 0 Å². The Balaban J connectivity index is 4.03. The molecule has 0 N–H and O–H groups in total. The zero-order valence-electron chi connectivity index (χ0n) is 5.80. The molecule has 0 rings (SSSR count). The second-order valence-corrected chi connectivity index (χ2v) is 0.473. The molecule has 0 aliphatic carbocycles. The maximum absolute atomic E-state index is 10.0. The van der Waals surface area contributed by atoms with Crippen LogP contribution >= 0.6 is 0 Å². The van der Waals surface area contributed by atoms with Gasteiger partial charge in [0.1, 0.15) is 4.11 Å². The third-order valence-electron chi connectivity index (χ3n) is 0.182. The number of hydroxylamine groups is 1. The quantitative estimate of drug-likeness (QED) is 0.231. The zero-order chi connectivity index (χ0) is 6.78. The van der Waals surface area contributed by atoms with Gasteiger partial charge >= 0.3 is 0 Å². The van der Waals surface area contributed by atoms with Crippen LogP contribution in [0.25, 0.3) is 0 Å². The molecule has 0 unspecified atom stereocenters. The van der Waals surface area contributed by atoms with Gasteiger partial charge in [-0.05, 0) is 5.11 Å². The lowest BCUT2D eigenvalue weighted by Crippen LogP contribution is -1.84. The van der Waals surface area contributed by atoms with Crippen LogP contribution in [0.4, 0.5) is 0 Å². The van der Waals surface area contributed by atoms with Gasteiger partial charge in [-0.25, -0.2) is 0 Å². The van der Waals surface area contributed by atoms with Crippen molar-refractivity contribution in [2.45, 2.75) is 0 Å². The summed E-state index contributed by atoms with van der Waals surface area (Å²) in [6.45, 7) is -2.63. The van der Waals surface area contributed by atoms with Crippen molar-refractivity contribution in [3.05, 3.63) is 5.21 Å². The van der Waals surface area contributed by atoms with E-state index in [1.165, 1.54) is 0 Å². The van der Waals surface area contributed by atoms with Gasteiger partial charge in [-0.1, -0.05) is 0 Å². The Morgan fingerprint density at radius 1 is 2.20 bits per heavy atom. The van der Waals surface area contributed by atoms with Crippen molar-refractivity contribution in [2.75, 3.05) is 14.0 Å². The lowest BCUT2D eigenvalue weighted by Gasteiger charge is -1.82. The predicted octanol–water partition coefficient (Wildman–Crippen LogP) is 0.209. The van der Waals surface area contributed by atoms with Crippen molar-refractivity contribution in [3.8, 4) is 0 Å². The summed E-state index contributed by atoms with van der Waals surface area (Å²) in [5.41, 5.74) is 0. The lowest BCUT2D eigenvalue weighted by molar-refractivity contribution is -0.497. The highest BCUT2D eigenvalue weighted by Gasteiger charge is 1.59. The van der Waals surface area contributed by atoms with E-state index in [1.54, 1.807) is 0 Å². The van der Waals surface area contributed by atoms with Gasteiger partial charge in [-0.2, -0.15) is 0 Å². The fraction of sp³-hybridized carbons (Fsp3) is 1.00. The number of azo groups is 1. The Labute approximate surface area is 34.7 Å². The van der Waals surface area contributed by atoms with Gasteiger partial charge in [0.2, 0.25) is 0 Å². The topological polar surface area (TPSA) is 38.4 Å². The molecule has 0 aromatic heterocycles. The minimum atomic E-state index is -2.63. The molecule has 0 aromatic rings. The Morgan fingerprint density at radius 2 is 2.80 bits per heavy atom. The van der Waals surface area contributed by atoms with E-state index in [4.69, 9.17) is 4.11 Å². The molecule has 3 heteroatoms. The van der Waals surface area contributed by atoms with E-state index in [9.17, 15) is 5.21 Å². The monoisotopic (exact) mass is 77.1 g/mol. The lowest BCUT2D eigenvalue weighted by atomic mass is 11.4. The summed E-state index contributed by atoms with van der Waals surface area (Å²) >= 11 is 0. The Morgan fingerprint density at radius 3 is 2.80 bits per heavy atom. The Kier molecular flexibility index (Phi) is 0.421. The smallest absolute Gasteiger partial charge is 0.171 e. The number of hydrogen-bond acceptors (Lipinski definition) is 2. The highest BCUT2D eigenvalue weighted by Crippen LogP contribution is 1.54. The van der Waals surface area contributed by atoms with E-state index in [0.29, 0.717) is 0 Å². The first-order valence-electron chi connectivity index (χ1n) is 2.55. The van der Waals surface area contributed by atoms with Crippen LogP contribution in [0.2, 0.25) is 0 Å². The molecular formula is C2H6N2O. The molecule has 3 nitrogen and oxygen atoms in total. The van der Waals surface area contributed by atoms with E-state index in [0.717, 1.165) is 7.05 Å². The Bertz CT molecular complexity index is 106. The summed E-state index contributed by atoms with van der Waals surface area (Å²) in [6, 6.07) is 0. The van der Waals surface area contributed by atoms with Gasteiger partial charge in [-0.15, -0.1) is 4.86 Å². The molecule has 0 aliphatic rings. The molecule has 0 saturated heterocycles. The van der Waals surface area contributed by atoms with Crippen LogP contribution in [-0.2, 0) is 0 Å². The van der Waals surface area contributed by atoms with E-state index in [-0.39, 0.29) is 4.86 Å². The van der Waals surface area contributed by atoms with Crippen LogP contribution in [0.3, 0.4) is 0 Å². The summed E-state index contributed by atoms with van der Waals surface area (Å²) in [6.07, 6.45) is 0. The summed E-state index contributed by atoms with van der Waals surface area (Å²) in [5.74, 6) is 0. The van der Waals surface area contributed by atoms with Crippen molar-refractivity contribution in [1.82, 2.24) is 0 Å². The second-order valence-electron chi connectivity index (χ2n) is 0.473. The number of hydrogen-bond donors (Lipinski definition) is 0. The average Bonchev–Trinajstić information content (AvgIpc) is 1.62. The molecule has 0 spiro atoms. The summed E-state index contributed by atoms with van der Waals surface area (Å²) in [4.78, 5) is -0.312. The molecule has 0 aromatic carbocycles. The normalized spacial score (nSPS) is 23.4. The second kappa shape index (κ2) is 1.69. The first kappa shape index (κ1) is 1.24. The molecule has 0 amide bonds. The Hall–Kier alpha value is -0.600. The van der Waals surface area contributed by atoms with Crippen molar-refractivity contribution in [1.29, 1.82) is 0 Å². The summed E-state index contributed by atoms with van der Waals surface area (Å²) in [5, 5.41) is 12.9. The van der Waals surface area contributed by atoms with Gasteiger partial charge in [0.05, 0.1) is 7.05 Å². The molecule has 0 heterocycles. The minimum absolute atomic E-state index is 0.312. The van der Waals surface area contributed by atoms with Crippen LogP contribution < -0.4 is 0 Å². The standard InChI is InChI=1S/C2H6N2O/c1-3-4(2)5/h1-2H3/i2D3. The van der Waals surface area contributed by atoms with Crippen LogP contribution in [-0.4, -0.2) is 18.9 Å². The van der Waals surface area contributed by atoms with Gasteiger partial charge in [0, 0.05) is 0 Å². The van der Waals surface area contributed by atoms with E-state index >= 15 is 0 Å². The third kappa shape index (κ3) is 3.40. The molecule has 0 atom stereocenters. The molecule has 0 aliphatic heterocycles. The first-order chi connectivity index (χ1) is 3.48. The van der Waals surface area contributed by atoms with Crippen molar-refractivity contribution < 1.29 is 8.97 Å². The molecule has 30 valence electrons. The summed E-state index contributed by atoms with van der Waals surface area (Å²) in [7, 11) is 1.12. The molecule has 0 saturated carbocycles. The maximum atomic E-state index is 10.0. The highest BCUT2D eigenvalue weighted by atomic mass is 16.5. The van der Waals surface area contributed by atoms with Crippen LogP contribution in [0, 0.1) is 5.21 Å². The van der Waals surface area contributed by atoms with Crippen LogP contribution in [0.1, 0.15) is 4.11 Å². The number of rotatable bonds is 0. The van der Waals surface area contributed by atoms with Crippen molar-refractivity contribution in [2.24, 2.45) is 5.11 Å². The first-order valence-corrected chi connectivity index (χ1v) is 1.05. The molecule has 0 bridgehead atoms. The minimum Gasteiger partial charge on any atom is -0.600 e. The SMILES string of the molecule is [2H]C([2H])([2H])[N+]([O-])=NC. The maximum Gasteiger partial charge on any atom is 0.171 e. The fourth-order valence-electron chi connectivity index (χ4n) is 0. The largest absolute Gasteiger partial charge is 0.600 e. The van der Waals surface area contributed by atoms with Crippen LogP contribution in [0.15, 0.2) is 5.11 Å². The van der Waals surface area contributed by atoms with E-state index < -0.39 is 6.98 Å².